The molecule has 0 aliphatic carbocycles. The molecular formula is C21H24N7O6S2+. The number of aliphatic carboxylic acids is 1. The number of nitrogens with zero attached hydrogens (tertiary/aromatic N) is 5. The Bertz CT molecular complexity index is 1280. The van der Waals surface area contributed by atoms with E-state index in [1.165, 1.54) is 16.7 Å². The number of anilines is 1. The Labute approximate surface area is 214 Å². The number of hydrogen-bond donors (Lipinski definition) is 3. The van der Waals surface area contributed by atoms with Crippen molar-refractivity contribution in [3.05, 3.63) is 41.1 Å². The predicted octanol–water partition coefficient (Wildman–Crippen LogP) is -0.0958. The van der Waals surface area contributed by atoms with E-state index in [4.69, 9.17) is 15.3 Å². The Morgan fingerprint density at radius 3 is 2.83 bits per heavy atom. The van der Waals surface area contributed by atoms with Gasteiger partial charge in [0.25, 0.3) is 11.8 Å². The van der Waals surface area contributed by atoms with Gasteiger partial charge in [0, 0.05) is 28.9 Å². The van der Waals surface area contributed by atoms with Crippen molar-refractivity contribution in [1.29, 1.82) is 0 Å². The number of nitrogens with two attached hydrogens (primary N) is 1. The first kappa shape index (κ1) is 25.4. The zero-order valence-corrected chi connectivity index (χ0v) is 21.3. The molecule has 190 valence electrons. The fraction of sp³-hybridized carbons (Fsp3) is 0.381. The molecule has 2 aliphatic rings. The summed E-state index contributed by atoms with van der Waals surface area (Å²) in [5, 5.41) is 15.9. The standard InChI is InChI=1S/C21H23N7O6S2/c1-4-34-25-13(16-24-21(22)36-26-16)17(29)23-14-18(30)28-15(20(31)32)11(9-35-19(14)28)8-27-6-5-12(33-3)10(2)7-27/h5-7,14,19H,4,8-9H2,1-3H3,(H3-,22,23,24,26,29,31,32)/p+1/t14?,19-/m0/s1. The minimum Gasteiger partial charge on any atom is -0.496 e. The van der Waals surface area contributed by atoms with E-state index in [-0.39, 0.29) is 35.5 Å². The predicted molar refractivity (Wildman–Crippen MR) is 130 cm³/mol. The van der Waals surface area contributed by atoms with Gasteiger partial charge in [0.15, 0.2) is 24.1 Å². The fourth-order valence-electron chi connectivity index (χ4n) is 3.86. The molecule has 0 spiro atoms. The summed E-state index contributed by atoms with van der Waals surface area (Å²) in [4.78, 5) is 48.3. The van der Waals surface area contributed by atoms with Gasteiger partial charge < -0.3 is 25.7 Å². The number of fused-ring (bicyclic) bond motifs is 1. The second-order valence-corrected chi connectivity index (χ2v) is 9.69. The Hall–Kier alpha value is -3.72. The van der Waals surface area contributed by atoms with E-state index in [0.717, 1.165) is 22.8 Å². The number of hydrogen-bond acceptors (Lipinski definition) is 11. The van der Waals surface area contributed by atoms with Gasteiger partial charge in [-0.3, -0.25) is 14.5 Å². The average Bonchev–Trinajstić information content (AvgIpc) is 3.28. The minimum absolute atomic E-state index is 0.0245. The molecule has 2 atom stereocenters. The van der Waals surface area contributed by atoms with Gasteiger partial charge in [-0.25, -0.2) is 9.36 Å². The zero-order valence-electron chi connectivity index (χ0n) is 19.6. The van der Waals surface area contributed by atoms with E-state index in [0.29, 0.717) is 11.3 Å². The Morgan fingerprint density at radius 1 is 1.44 bits per heavy atom. The van der Waals surface area contributed by atoms with E-state index in [1.807, 2.05) is 17.7 Å². The molecule has 1 saturated heterocycles. The van der Waals surface area contributed by atoms with Crippen molar-refractivity contribution in [3.63, 3.8) is 0 Å². The number of amides is 2. The summed E-state index contributed by atoms with van der Waals surface area (Å²) >= 11 is 2.26. The molecule has 0 saturated carbocycles. The Balaban J connectivity index is 1.53. The molecule has 4 rings (SSSR count). The fourth-order valence-corrected chi connectivity index (χ4v) is 5.63. The smallest absolute Gasteiger partial charge is 0.352 e. The van der Waals surface area contributed by atoms with Gasteiger partial charge in [-0.2, -0.15) is 9.36 Å². The molecule has 0 bridgehead atoms. The van der Waals surface area contributed by atoms with Gasteiger partial charge in [0.05, 0.1) is 12.7 Å². The summed E-state index contributed by atoms with van der Waals surface area (Å²) in [6.07, 6.45) is 3.63. The maximum absolute atomic E-state index is 13.0. The highest BCUT2D eigenvalue weighted by atomic mass is 32.2. The monoisotopic (exact) mass is 534 g/mol. The first-order valence-electron chi connectivity index (χ1n) is 10.8. The van der Waals surface area contributed by atoms with Gasteiger partial charge >= 0.3 is 5.97 Å². The van der Waals surface area contributed by atoms with Crippen LogP contribution in [0.25, 0.3) is 0 Å². The molecule has 13 nitrogen and oxygen atoms in total. The van der Waals surface area contributed by atoms with E-state index < -0.39 is 29.2 Å². The van der Waals surface area contributed by atoms with E-state index in [1.54, 1.807) is 26.3 Å². The molecule has 4 N–H and O–H groups in total. The summed E-state index contributed by atoms with van der Waals surface area (Å²) in [7, 11) is 1.58. The maximum Gasteiger partial charge on any atom is 0.352 e. The first-order chi connectivity index (χ1) is 17.2. The summed E-state index contributed by atoms with van der Waals surface area (Å²) in [5.74, 6) is -1.41. The molecular weight excluding hydrogens is 510 g/mol. The van der Waals surface area contributed by atoms with Crippen molar-refractivity contribution < 1.29 is 33.6 Å². The molecule has 2 aliphatic heterocycles. The molecule has 15 heteroatoms. The van der Waals surface area contributed by atoms with E-state index >= 15 is 0 Å². The Morgan fingerprint density at radius 2 is 2.22 bits per heavy atom. The second-order valence-electron chi connectivity index (χ2n) is 7.80. The van der Waals surface area contributed by atoms with Crippen LogP contribution < -0.4 is 20.4 Å². The molecule has 1 unspecified atom stereocenters. The molecule has 4 heterocycles. The van der Waals surface area contributed by atoms with Crippen LogP contribution in [-0.2, 0) is 25.8 Å². The second kappa shape index (κ2) is 10.5. The van der Waals surface area contributed by atoms with Crippen LogP contribution >= 0.6 is 23.3 Å². The number of carboxylic acids is 1. The molecule has 2 aromatic rings. The summed E-state index contributed by atoms with van der Waals surface area (Å²) in [6.45, 7) is 4.07. The lowest BCUT2D eigenvalue weighted by molar-refractivity contribution is -0.689. The normalized spacial score (nSPS) is 19.5. The van der Waals surface area contributed by atoms with Crippen LogP contribution in [0.2, 0.25) is 0 Å². The highest BCUT2D eigenvalue weighted by Crippen LogP contribution is 2.40. The van der Waals surface area contributed by atoms with Gasteiger partial charge in [0.1, 0.15) is 29.5 Å². The number of oxime groups is 1. The van der Waals surface area contributed by atoms with E-state index in [2.05, 4.69) is 19.8 Å². The number of aromatic nitrogens is 3. The minimum atomic E-state index is -1.21. The zero-order chi connectivity index (χ0) is 26.0. The third kappa shape index (κ3) is 4.83. The van der Waals surface area contributed by atoms with Crippen LogP contribution in [0.3, 0.4) is 0 Å². The van der Waals surface area contributed by atoms with Crippen molar-refractivity contribution in [2.75, 3.05) is 25.2 Å². The van der Waals surface area contributed by atoms with Gasteiger partial charge in [0.2, 0.25) is 11.5 Å². The molecule has 0 aromatic carbocycles. The molecule has 1 fully saturated rings. The van der Waals surface area contributed by atoms with Crippen molar-refractivity contribution in [2.45, 2.75) is 31.8 Å². The van der Waals surface area contributed by atoms with Crippen LogP contribution in [-0.4, -0.2) is 73.7 Å². The lowest BCUT2D eigenvalue weighted by Crippen LogP contribution is -2.71. The van der Waals surface area contributed by atoms with Gasteiger partial charge in [-0.05, 0) is 13.8 Å². The lowest BCUT2D eigenvalue weighted by Gasteiger charge is -2.49. The van der Waals surface area contributed by atoms with Crippen molar-refractivity contribution in [3.8, 4) is 5.75 Å². The Kier molecular flexibility index (Phi) is 7.40. The van der Waals surface area contributed by atoms with Crippen molar-refractivity contribution in [1.82, 2.24) is 19.6 Å². The van der Waals surface area contributed by atoms with Crippen LogP contribution in [0.1, 0.15) is 18.3 Å². The van der Waals surface area contributed by atoms with Crippen molar-refractivity contribution in [2.24, 2.45) is 5.16 Å². The summed E-state index contributed by atoms with van der Waals surface area (Å²) < 4.78 is 11.1. The molecule has 2 aromatic heterocycles. The number of carboxylic acid groups (broad SMARTS) is 1. The van der Waals surface area contributed by atoms with Crippen LogP contribution in [0, 0.1) is 6.92 Å². The van der Waals surface area contributed by atoms with Crippen LogP contribution in [0.15, 0.2) is 34.9 Å². The number of carbonyl (C=O) groups is 3. The summed E-state index contributed by atoms with van der Waals surface area (Å²) in [5.41, 5.74) is 6.78. The maximum atomic E-state index is 13.0. The van der Waals surface area contributed by atoms with Gasteiger partial charge in [-0.1, -0.05) is 5.16 Å². The van der Waals surface area contributed by atoms with Gasteiger partial charge in [-0.15, -0.1) is 11.8 Å². The SMILES string of the molecule is CCON=C(C(=O)NC1C(=O)N2C(C(=O)O)=C(C[n+]3ccc(OC)c(C)c3)CS[C@@H]12)c1nsc(N)n1. The number of aryl methyl sites for hydroxylation is 1. The lowest BCUT2D eigenvalue weighted by atomic mass is 10.0. The number of methoxy groups -OCH3 is 1. The van der Waals surface area contributed by atoms with Crippen LogP contribution in [0.4, 0.5) is 5.13 Å². The van der Waals surface area contributed by atoms with Crippen LogP contribution in [0.5, 0.6) is 5.75 Å². The van der Waals surface area contributed by atoms with Crippen molar-refractivity contribution >= 4 is 51.9 Å². The number of nitrogen functional groups attached to an aromatic ring is 1. The topological polar surface area (TPSA) is 173 Å². The largest absolute Gasteiger partial charge is 0.496 e. The number of thioether (sulfide) groups is 1. The third-order valence-corrected chi connectivity index (χ3v) is 7.33. The number of β-lactam (4-membered cyclic amide) rings is 1. The molecule has 2 amide bonds. The average molecular weight is 535 g/mol. The van der Waals surface area contributed by atoms with E-state index in [9.17, 15) is 19.5 Å². The number of pyridine rings is 1. The number of nitrogens with one attached hydrogen (secondary N) is 1. The highest BCUT2D eigenvalue weighted by Gasteiger charge is 2.54. The number of carbonyl (C=O) groups excluding carboxylic acids is 2. The molecule has 36 heavy (non-hydrogen) atoms. The molecule has 0 radical (unpaired) electrons. The summed E-state index contributed by atoms with van der Waals surface area (Å²) in [6, 6.07) is 0.846. The number of rotatable bonds is 9. The number of ether oxygens (including phenoxy) is 1. The quantitative estimate of drug-likeness (QED) is 0.171. The first-order valence-corrected chi connectivity index (χ1v) is 12.6. The third-order valence-electron chi connectivity index (χ3n) is 5.45. The highest BCUT2D eigenvalue weighted by molar-refractivity contribution is 8.00.